The number of hydrogen-bond acceptors (Lipinski definition) is 4. The molecule has 2 aromatic rings. The summed E-state index contributed by atoms with van der Waals surface area (Å²) in [6.07, 6.45) is 0.314. The van der Waals surface area contributed by atoms with Crippen LogP contribution in [0.15, 0.2) is 58.3 Å². The minimum Gasteiger partial charge on any atom is -0.466 e. The summed E-state index contributed by atoms with van der Waals surface area (Å²) in [4.78, 5) is 14.0. The van der Waals surface area contributed by atoms with Gasteiger partial charge in [0.15, 0.2) is 0 Å². The highest BCUT2D eigenvalue weighted by molar-refractivity contribution is 7.99. The Hall–Kier alpha value is -1.78. The maximum Gasteiger partial charge on any atom is 0.310 e. The molecule has 4 heteroatoms. The average Bonchev–Trinajstić information content (AvgIpc) is 2.52. The molecule has 22 heavy (non-hydrogen) atoms. The van der Waals surface area contributed by atoms with Crippen molar-refractivity contribution in [3.05, 3.63) is 59.7 Å². The molecular weight excluding hydrogens is 294 g/mol. The van der Waals surface area contributed by atoms with Crippen molar-refractivity contribution < 1.29 is 9.53 Å². The molecule has 116 valence electrons. The van der Waals surface area contributed by atoms with Crippen molar-refractivity contribution in [1.29, 1.82) is 0 Å². The fourth-order valence-corrected chi connectivity index (χ4v) is 3.07. The Morgan fingerprint density at radius 3 is 2.55 bits per heavy atom. The fourth-order valence-electron chi connectivity index (χ4n) is 2.12. The highest BCUT2D eigenvalue weighted by atomic mass is 32.2. The van der Waals surface area contributed by atoms with E-state index in [-0.39, 0.29) is 5.97 Å². The van der Waals surface area contributed by atoms with E-state index in [2.05, 4.69) is 29.6 Å². The van der Waals surface area contributed by atoms with Gasteiger partial charge in [-0.2, -0.15) is 0 Å². The first kappa shape index (κ1) is 16.6. The average molecular weight is 315 g/mol. The smallest absolute Gasteiger partial charge is 0.310 e. The lowest BCUT2D eigenvalue weighted by molar-refractivity contribution is -0.142. The third-order valence-electron chi connectivity index (χ3n) is 3.14. The first-order valence-corrected chi connectivity index (χ1v) is 8.19. The van der Waals surface area contributed by atoms with E-state index >= 15 is 0 Å². The van der Waals surface area contributed by atoms with Gasteiger partial charge >= 0.3 is 5.97 Å². The standard InChI is InChI=1S/C18H21NO2S/c1-3-21-18(20)12-15-6-4-5-7-17(15)22-16-10-8-14(9-11-16)13-19-2/h4-11,19H,3,12-13H2,1-2H3. The Balaban J connectivity index is 2.10. The van der Waals surface area contributed by atoms with Gasteiger partial charge in [-0.1, -0.05) is 42.1 Å². The van der Waals surface area contributed by atoms with Gasteiger partial charge in [0.25, 0.3) is 0 Å². The number of carbonyl (C=O) groups excluding carboxylic acids is 1. The summed E-state index contributed by atoms with van der Waals surface area (Å²) in [7, 11) is 1.94. The van der Waals surface area contributed by atoms with Crippen LogP contribution in [-0.2, 0) is 22.5 Å². The number of nitrogens with one attached hydrogen (secondary N) is 1. The molecule has 2 aromatic carbocycles. The largest absolute Gasteiger partial charge is 0.466 e. The van der Waals surface area contributed by atoms with E-state index in [1.54, 1.807) is 11.8 Å². The van der Waals surface area contributed by atoms with Crippen LogP contribution < -0.4 is 5.32 Å². The molecular formula is C18H21NO2S. The van der Waals surface area contributed by atoms with Gasteiger partial charge in [0.2, 0.25) is 0 Å². The minimum atomic E-state index is -0.181. The lowest BCUT2D eigenvalue weighted by Crippen LogP contribution is -2.08. The number of esters is 1. The van der Waals surface area contributed by atoms with Gasteiger partial charge < -0.3 is 10.1 Å². The molecule has 1 N–H and O–H groups in total. The van der Waals surface area contributed by atoms with Gasteiger partial charge in [-0.15, -0.1) is 0 Å². The molecule has 0 aliphatic rings. The van der Waals surface area contributed by atoms with Crippen LogP contribution in [0, 0.1) is 0 Å². The van der Waals surface area contributed by atoms with Crippen LogP contribution in [0.3, 0.4) is 0 Å². The van der Waals surface area contributed by atoms with Gasteiger partial charge in [0.1, 0.15) is 0 Å². The predicted molar refractivity (Wildman–Crippen MR) is 90.1 cm³/mol. The molecule has 0 spiro atoms. The van der Waals surface area contributed by atoms with Crippen molar-refractivity contribution >= 4 is 17.7 Å². The quantitative estimate of drug-likeness (QED) is 0.791. The summed E-state index contributed by atoms with van der Waals surface area (Å²) in [5.41, 5.74) is 2.26. The minimum absolute atomic E-state index is 0.181. The zero-order chi connectivity index (χ0) is 15.8. The molecule has 3 nitrogen and oxygen atoms in total. The maximum absolute atomic E-state index is 11.7. The Morgan fingerprint density at radius 1 is 1.14 bits per heavy atom. The fraction of sp³-hybridized carbons (Fsp3) is 0.278. The van der Waals surface area contributed by atoms with Crippen LogP contribution in [0.1, 0.15) is 18.1 Å². The highest BCUT2D eigenvalue weighted by Gasteiger charge is 2.09. The van der Waals surface area contributed by atoms with Crippen molar-refractivity contribution in [3.8, 4) is 0 Å². The second-order valence-electron chi connectivity index (χ2n) is 4.87. The number of ether oxygens (including phenoxy) is 1. The van der Waals surface area contributed by atoms with Crippen LogP contribution in [0.5, 0.6) is 0 Å². The second-order valence-corrected chi connectivity index (χ2v) is 5.98. The Bertz CT molecular complexity index is 611. The number of benzene rings is 2. The summed E-state index contributed by atoms with van der Waals surface area (Å²) in [5.74, 6) is -0.181. The van der Waals surface area contributed by atoms with Gasteiger partial charge in [-0.25, -0.2) is 0 Å². The normalized spacial score (nSPS) is 10.5. The zero-order valence-corrected chi connectivity index (χ0v) is 13.8. The van der Waals surface area contributed by atoms with Crippen LogP contribution in [0.4, 0.5) is 0 Å². The molecule has 0 aliphatic carbocycles. The van der Waals surface area contributed by atoms with E-state index in [9.17, 15) is 4.79 Å². The van der Waals surface area contributed by atoms with Gasteiger partial charge in [0, 0.05) is 16.3 Å². The highest BCUT2D eigenvalue weighted by Crippen LogP contribution is 2.31. The van der Waals surface area contributed by atoms with E-state index in [0.29, 0.717) is 13.0 Å². The Kier molecular flexibility index (Phi) is 6.49. The molecule has 0 unspecified atom stereocenters. The molecule has 0 atom stereocenters. The molecule has 0 saturated carbocycles. The van der Waals surface area contributed by atoms with Crippen molar-refractivity contribution in [2.75, 3.05) is 13.7 Å². The third-order valence-corrected chi connectivity index (χ3v) is 4.27. The monoisotopic (exact) mass is 315 g/mol. The van der Waals surface area contributed by atoms with E-state index in [4.69, 9.17) is 4.74 Å². The lowest BCUT2D eigenvalue weighted by atomic mass is 10.1. The van der Waals surface area contributed by atoms with Crippen LogP contribution in [-0.4, -0.2) is 19.6 Å². The van der Waals surface area contributed by atoms with Crippen molar-refractivity contribution in [3.63, 3.8) is 0 Å². The van der Waals surface area contributed by atoms with Gasteiger partial charge in [0.05, 0.1) is 13.0 Å². The summed E-state index contributed by atoms with van der Waals surface area (Å²) in [6, 6.07) is 16.4. The Morgan fingerprint density at radius 2 is 1.86 bits per heavy atom. The van der Waals surface area contributed by atoms with E-state index in [1.807, 2.05) is 38.2 Å². The molecule has 0 aliphatic heterocycles. The molecule has 0 bridgehead atoms. The molecule has 0 saturated heterocycles. The number of rotatable bonds is 7. The van der Waals surface area contributed by atoms with Gasteiger partial charge in [-0.05, 0) is 43.3 Å². The first-order valence-electron chi connectivity index (χ1n) is 7.38. The van der Waals surface area contributed by atoms with Crippen molar-refractivity contribution in [2.45, 2.75) is 29.7 Å². The van der Waals surface area contributed by atoms with Crippen molar-refractivity contribution in [2.24, 2.45) is 0 Å². The van der Waals surface area contributed by atoms with Gasteiger partial charge in [-0.3, -0.25) is 4.79 Å². The van der Waals surface area contributed by atoms with Crippen LogP contribution in [0.2, 0.25) is 0 Å². The molecule has 0 heterocycles. The third kappa shape index (κ3) is 4.90. The molecule has 0 radical (unpaired) electrons. The SMILES string of the molecule is CCOC(=O)Cc1ccccc1Sc1ccc(CNC)cc1. The zero-order valence-electron chi connectivity index (χ0n) is 13.0. The van der Waals surface area contributed by atoms with E-state index in [1.165, 1.54) is 5.56 Å². The molecule has 0 aromatic heterocycles. The summed E-state index contributed by atoms with van der Waals surface area (Å²) in [5, 5.41) is 3.14. The van der Waals surface area contributed by atoms with E-state index < -0.39 is 0 Å². The molecule has 2 rings (SSSR count). The lowest BCUT2D eigenvalue weighted by Gasteiger charge is -2.09. The maximum atomic E-state index is 11.7. The first-order chi connectivity index (χ1) is 10.7. The van der Waals surface area contributed by atoms with Crippen molar-refractivity contribution in [1.82, 2.24) is 5.32 Å². The predicted octanol–water partition coefficient (Wildman–Crippen LogP) is 3.66. The number of carbonyl (C=O) groups is 1. The topological polar surface area (TPSA) is 38.3 Å². The second kappa shape index (κ2) is 8.61. The Labute approximate surface area is 136 Å². The van der Waals surface area contributed by atoms with Crippen LogP contribution in [0.25, 0.3) is 0 Å². The van der Waals surface area contributed by atoms with Crippen LogP contribution >= 0.6 is 11.8 Å². The molecule has 0 fully saturated rings. The van der Waals surface area contributed by atoms with E-state index in [0.717, 1.165) is 21.9 Å². The summed E-state index contributed by atoms with van der Waals surface area (Å²) >= 11 is 1.67. The molecule has 0 amide bonds. The summed E-state index contributed by atoms with van der Waals surface area (Å²) in [6.45, 7) is 3.11. The number of hydrogen-bond donors (Lipinski definition) is 1. The summed E-state index contributed by atoms with van der Waals surface area (Å²) < 4.78 is 5.04.